The second-order valence-electron chi connectivity index (χ2n) is 4.47. The number of halogens is 2. The van der Waals surface area contributed by atoms with Crippen LogP contribution in [0.1, 0.15) is 17.4 Å². The summed E-state index contributed by atoms with van der Waals surface area (Å²) in [4.78, 5) is 20.3. The molecule has 0 spiro atoms. The molecule has 3 aromatic rings. The van der Waals surface area contributed by atoms with Gasteiger partial charge in [0.15, 0.2) is 0 Å². The largest absolute Gasteiger partial charge is 0.461 e. The Labute approximate surface area is 140 Å². The van der Waals surface area contributed by atoms with Crippen LogP contribution in [0.4, 0.5) is 0 Å². The molecule has 1 aromatic carbocycles. The van der Waals surface area contributed by atoms with E-state index in [-0.39, 0.29) is 5.28 Å². The van der Waals surface area contributed by atoms with E-state index in [0.717, 1.165) is 15.4 Å². The summed E-state index contributed by atoms with van der Waals surface area (Å²) in [5, 5.41) is 1.02. The lowest BCUT2D eigenvalue weighted by atomic mass is 10.2. The minimum Gasteiger partial charge on any atom is -0.461 e. The van der Waals surface area contributed by atoms with E-state index in [1.54, 1.807) is 29.8 Å². The maximum absolute atomic E-state index is 12.2. The molecule has 0 aliphatic rings. The maximum Gasteiger partial charge on any atom is 0.355 e. The standard InChI is InChI=1S/C15H11BrClN3O2/c1-2-22-14(21)12-7-9-3-4-10(16)8-11(9)20(12)13-5-6-18-15(17)19-13/h3-8H,2H2,1H3. The van der Waals surface area contributed by atoms with Crippen molar-refractivity contribution in [3.05, 3.63) is 52.0 Å². The number of rotatable bonds is 3. The Hall–Kier alpha value is -1.92. The average molecular weight is 381 g/mol. The number of carbonyl (C=O) groups excluding carboxylic acids is 1. The molecular weight excluding hydrogens is 370 g/mol. The van der Waals surface area contributed by atoms with Crippen molar-refractivity contribution in [2.45, 2.75) is 6.92 Å². The minimum atomic E-state index is -0.412. The molecule has 2 aromatic heterocycles. The van der Waals surface area contributed by atoms with Crippen molar-refractivity contribution in [1.29, 1.82) is 0 Å². The Kier molecular flexibility index (Phi) is 4.13. The quantitative estimate of drug-likeness (QED) is 0.509. The van der Waals surface area contributed by atoms with Crippen LogP contribution < -0.4 is 0 Å². The number of hydrogen-bond donors (Lipinski definition) is 0. The van der Waals surface area contributed by atoms with E-state index in [9.17, 15) is 4.79 Å². The molecule has 22 heavy (non-hydrogen) atoms. The zero-order chi connectivity index (χ0) is 15.7. The molecule has 0 amide bonds. The summed E-state index contributed by atoms with van der Waals surface area (Å²) in [5.74, 6) is 0.0979. The molecule has 0 aliphatic carbocycles. The first-order valence-electron chi connectivity index (χ1n) is 6.57. The predicted octanol–water partition coefficient (Wildman–Crippen LogP) is 4.01. The van der Waals surface area contributed by atoms with E-state index < -0.39 is 5.97 Å². The van der Waals surface area contributed by atoms with Crippen molar-refractivity contribution in [3.63, 3.8) is 0 Å². The number of aromatic nitrogens is 3. The summed E-state index contributed by atoms with van der Waals surface area (Å²) < 4.78 is 7.74. The van der Waals surface area contributed by atoms with Crippen LogP contribution in [0.15, 0.2) is 41.0 Å². The van der Waals surface area contributed by atoms with Gasteiger partial charge in [-0.15, -0.1) is 0 Å². The lowest BCUT2D eigenvalue weighted by molar-refractivity contribution is 0.0517. The fraction of sp³-hybridized carbons (Fsp3) is 0.133. The van der Waals surface area contributed by atoms with Gasteiger partial charge in [-0.25, -0.2) is 9.78 Å². The molecule has 0 bridgehead atoms. The second-order valence-corrected chi connectivity index (χ2v) is 5.73. The molecule has 0 radical (unpaired) electrons. The summed E-state index contributed by atoms with van der Waals surface area (Å²) in [6, 6.07) is 9.20. The van der Waals surface area contributed by atoms with Crippen molar-refractivity contribution in [1.82, 2.24) is 14.5 Å². The third-order valence-corrected chi connectivity index (χ3v) is 3.77. The number of hydrogen-bond acceptors (Lipinski definition) is 4. The SMILES string of the molecule is CCOC(=O)c1cc2ccc(Br)cc2n1-c1ccnc(Cl)n1. The zero-order valence-electron chi connectivity index (χ0n) is 11.6. The molecule has 2 heterocycles. The molecule has 0 atom stereocenters. The van der Waals surface area contributed by atoms with Crippen LogP contribution in [0.3, 0.4) is 0 Å². The Morgan fingerprint density at radius 2 is 2.18 bits per heavy atom. The van der Waals surface area contributed by atoms with Crippen molar-refractivity contribution < 1.29 is 9.53 Å². The number of fused-ring (bicyclic) bond motifs is 1. The van der Waals surface area contributed by atoms with Crippen LogP contribution in [0.2, 0.25) is 5.28 Å². The third kappa shape index (κ3) is 2.71. The van der Waals surface area contributed by atoms with Crippen molar-refractivity contribution in [2.24, 2.45) is 0 Å². The van der Waals surface area contributed by atoms with Crippen LogP contribution in [-0.4, -0.2) is 27.1 Å². The highest BCUT2D eigenvalue weighted by Gasteiger charge is 2.19. The van der Waals surface area contributed by atoms with E-state index >= 15 is 0 Å². The molecule has 0 N–H and O–H groups in total. The number of carbonyl (C=O) groups is 1. The van der Waals surface area contributed by atoms with Gasteiger partial charge in [0.1, 0.15) is 11.5 Å². The molecule has 3 rings (SSSR count). The number of ether oxygens (including phenoxy) is 1. The highest BCUT2D eigenvalue weighted by Crippen LogP contribution is 2.27. The van der Waals surface area contributed by atoms with Gasteiger partial charge in [-0.05, 0) is 42.8 Å². The van der Waals surface area contributed by atoms with Gasteiger partial charge in [0.05, 0.1) is 12.1 Å². The number of esters is 1. The first-order valence-corrected chi connectivity index (χ1v) is 7.74. The summed E-state index contributed by atoms with van der Waals surface area (Å²) >= 11 is 9.32. The van der Waals surface area contributed by atoms with Crippen LogP contribution in [0.5, 0.6) is 0 Å². The molecule has 112 valence electrons. The van der Waals surface area contributed by atoms with E-state index in [0.29, 0.717) is 18.1 Å². The second kappa shape index (κ2) is 6.06. The van der Waals surface area contributed by atoms with Gasteiger partial charge in [0.2, 0.25) is 5.28 Å². The van der Waals surface area contributed by atoms with Crippen LogP contribution in [0, 0.1) is 0 Å². The third-order valence-electron chi connectivity index (χ3n) is 3.09. The minimum absolute atomic E-state index is 0.115. The molecule has 0 unspecified atom stereocenters. The van der Waals surface area contributed by atoms with Crippen molar-refractivity contribution in [2.75, 3.05) is 6.61 Å². The topological polar surface area (TPSA) is 57.0 Å². The Morgan fingerprint density at radius 1 is 1.36 bits per heavy atom. The van der Waals surface area contributed by atoms with Crippen molar-refractivity contribution in [3.8, 4) is 5.82 Å². The lowest BCUT2D eigenvalue weighted by Gasteiger charge is -2.09. The highest BCUT2D eigenvalue weighted by molar-refractivity contribution is 9.10. The van der Waals surface area contributed by atoms with Gasteiger partial charge in [-0.2, -0.15) is 4.98 Å². The van der Waals surface area contributed by atoms with Gasteiger partial charge < -0.3 is 4.74 Å². The Balaban J connectivity index is 2.30. The van der Waals surface area contributed by atoms with Crippen LogP contribution >= 0.6 is 27.5 Å². The first-order chi connectivity index (χ1) is 10.6. The first kappa shape index (κ1) is 15.0. The molecule has 0 aliphatic heterocycles. The maximum atomic E-state index is 12.2. The van der Waals surface area contributed by atoms with Gasteiger partial charge in [0.25, 0.3) is 0 Å². The molecule has 0 saturated carbocycles. The summed E-state index contributed by atoms with van der Waals surface area (Å²) in [5.41, 5.74) is 1.22. The van der Waals surface area contributed by atoms with Crippen LogP contribution in [0.25, 0.3) is 16.7 Å². The lowest BCUT2D eigenvalue weighted by Crippen LogP contribution is -2.12. The Bertz CT molecular complexity index is 863. The average Bonchev–Trinajstić information content (AvgIpc) is 2.86. The monoisotopic (exact) mass is 379 g/mol. The molecular formula is C15H11BrClN3O2. The fourth-order valence-corrected chi connectivity index (χ4v) is 2.72. The van der Waals surface area contributed by atoms with E-state index in [4.69, 9.17) is 16.3 Å². The molecule has 7 heteroatoms. The van der Waals surface area contributed by atoms with Gasteiger partial charge in [-0.3, -0.25) is 4.57 Å². The van der Waals surface area contributed by atoms with Crippen molar-refractivity contribution >= 4 is 44.4 Å². The number of nitrogens with zero attached hydrogens (tertiary/aromatic N) is 3. The van der Waals surface area contributed by atoms with Gasteiger partial charge in [0, 0.05) is 16.1 Å². The van der Waals surface area contributed by atoms with E-state index in [1.807, 2.05) is 18.2 Å². The molecule has 0 saturated heterocycles. The summed E-state index contributed by atoms with van der Waals surface area (Å²) in [7, 11) is 0. The van der Waals surface area contributed by atoms with Gasteiger partial charge in [-0.1, -0.05) is 22.0 Å². The zero-order valence-corrected chi connectivity index (χ0v) is 13.9. The van der Waals surface area contributed by atoms with Crippen LogP contribution in [-0.2, 0) is 4.74 Å². The molecule has 5 nitrogen and oxygen atoms in total. The number of benzene rings is 1. The highest BCUT2D eigenvalue weighted by atomic mass is 79.9. The molecule has 0 fully saturated rings. The fourth-order valence-electron chi connectivity index (χ4n) is 2.23. The smallest absolute Gasteiger partial charge is 0.355 e. The Morgan fingerprint density at radius 3 is 2.91 bits per heavy atom. The van der Waals surface area contributed by atoms with E-state index in [1.165, 1.54) is 0 Å². The summed E-state index contributed by atoms with van der Waals surface area (Å²) in [6.07, 6.45) is 1.55. The van der Waals surface area contributed by atoms with Gasteiger partial charge >= 0.3 is 5.97 Å². The normalized spacial score (nSPS) is 10.9. The van der Waals surface area contributed by atoms with E-state index in [2.05, 4.69) is 25.9 Å². The predicted molar refractivity (Wildman–Crippen MR) is 87.5 cm³/mol. The summed E-state index contributed by atoms with van der Waals surface area (Å²) in [6.45, 7) is 2.07.